The summed E-state index contributed by atoms with van der Waals surface area (Å²) in [5.74, 6) is 0.424. The summed E-state index contributed by atoms with van der Waals surface area (Å²) >= 11 is 1.52. The smallest absolute Gasteiger partial charge is 0.411 e. The van der Waals surface area contributed by atoms with Crippen LogP contribution in [0.3, 0.4) is 0 Å². The first kappa shape index (κ1) is 20.2. The number of ketones is 1. The standard InChI is InChI=1S/C22H17N5O3S/c28-20(11-10-17-3-1-5-21(25-17)27-15-23-14-24-27)16-6-8-18(9-7-16)26-22(29)30-13-19-4-2-12-31-19/h1-12,14-15H,13H2,(H,26,29). The summed E-state index contributed by atoms with van der Waals surface area (Å²) in [7, 11) is 0. The predicted octanol–water partition coefficient (Wildman–Crippen LogP) is 4.37. The number of thiophene rings is 1. The van der Waals surface area contributed by atoms with Crippen molar-refractivity contribution in [1.82, 2.24) is 19.7 Å². The van der Waals surface area contributed by atoms with Crippen molar-refractivity contribution in [3.05, 3.63) is 94.8 Å². The van der Waals surface area contributed by atoms with Crippen LogP contribution in [0.2, 0.25) is 0 Å². The number of nitrogens with one attached hydrogen (secondary N) is 1. The van der Waals surface area contributed by atoms with E-state index in [4.69, 9.17) is 4.74 Å². The summed E-state index contributed by atoms with van der Waals surface area (Å²) in [6, 6.07) is 15.8. The minimum absolute atomic E-state index is 0.181. The van der Waals surface area contributed by atoms with Gasteiger partial charge >= 0.3 is 6.09 Å². The van der Waals surface area contributed by atoms with Crippen LogP contribution in [-0.2, 0) is 11.3 Å². The van der Waals surface area contributed by atoms with Gasteiger partial charge in [0.2, 0.25) is 0 Å². The number of ether oxygens (including phenoxy) is 1. The number of pyridine rings is 1. The van der Waals surface area contributed by atoms with Crippen LogP contribution in [0.4, 0.5) is 10.5 Å². The van der Waals surface area contributed by atoms with Gasteiger partial charge in [-0.3, -0.25) is 10.1 Å². The van der Waals surface area contributed by atoms with Gasteiger partial charge in [-0.05, 0) is 60.0 Å². The van der Waals surface area contributed by atoms with Gasteiger partial charge < -0.3 is 4.74 Å². The zero-order valence-electron chi connectivity index (χ0n) is 16.2. The van der Waals surface area contributed by atoms with Gasteiger partial charge in [-0.15, -0.1) is 11.3 Å². The van der Waals surface area contributed by atoms with E-state index in [1.54, 1.807) is 48.8 Å². The number of amides is 1. The molecule has 9 heteroatoms. The van der Waals surface area contributed by atoms with E-state index in [0.29, 0.717) is 22.8 Å². The van der Waals surface area contributed by atoms with Crippen molar-refractivity contribution in [3.63, 3.8) is 0 Å². The summed E-state index contributed by atoms with van der Waals surface area (Å²) in [5, 5.41) is 8.60. The molecule has 3 heterocycles. The molecule has 0 bridgehead atoms. The summed E-state index contributed by atoms with van der Waals surface area (Å²) in [5.41, 5.74) is 1.65. The highest BCUT2D eigenvalue weighted by Gasteiger charge is 2.07. The fraction of sp³-hybridized carbons (Fsp3) is 0.0455. The molecule has 4 aromatic rings. The number of hydrogen-bond acceptors (Lipinski definition) is 7. The molecular formula is C22H17N5O3S. The van der Waals surface area contributed by atoms with Crippen molar-refractivity contribution >= 4 is 35.0 Å². The van der Waals surface area contributed by atoms with E-state index in [0.717, 1.165) is 4.88 Å². The second kappa shape index (κ2) is 9.59. The number of hydrogen-bond donors (Lipinski definition) is 1. The zero-order valence-corrected chi connectivity index (χ0v) is 17.0. The van der Waals surface area contributed by atoms with Gasteiger partial charge in [0.15, 0.2) is 11.6 Å². The highest BCUT2D eigenvalue weighted by Crippen LogP contribution is 2.14. The fourth-order valence-corrected chi connectivity index (χ4v) is 3.26. The summed E-state index contributed by atoms with van der Waals surface area (Å²) < 4.78 is 6.70. The minimum atomic E-state index is -0.550. The number of aromatic nitrogens is 4. The molecule has 0 radical (unpaired) electrons. The lowest BCUT2D eigenvalue weighted by molar-refractivity contribution is 0.104. The molecule has 0 saturated carbocycles. The normalized spacial score (nSPS) is 10.8. The molecule has 31 heavy (non-hydrogen) atoms. The molecule has 154 valence electrons. The van der Waals surface area contributed by atoms with Gasteiger partial charge in [0.05, 0.1) is 5.69 Å². The van der Waals surface area contributed by atoms with Crippen molar-refractivity contribution in [3.8, 4) is 5.82 Å². The lowest BCUT2D eigenvalue weighted by Gasteiger charge is -2.06. The molecule has 1 N–H and O–H groups in total. The van der Waals surface area contributed by atoms with E-state index in [9.17, 15) is 9.59 Å². The van der Waals surface area contributed by atoms with Crippen LogP contribution in [0.5, 0.6) is 0 Å². The fourth-order valence-electron chi connectivity index (χ4n) is 2.65. The largest absolute Gasteiger partial charge is 0.444 e. The van der Waals surface area contributed by atoms with Crippen molar-refractivity contribution in [1.29, 1.82) is 0 Å². The van der Waals surface area contributed by atoms with Gasteiger partial charge in [-0.2, -0.15) is 5.10 Å². The molecule has 1 aromatic carbocycles. The Morgan fingerprint density at radius 3 is 2.71 bits per heavy atom. The summed E-state index contributed by atoms with van der Waals surface area (Å²) in [4.78, 5) is 33.6. The summed E-state index contributed by atoms with van der Waals surface area (Å²) in [6.45, 7) is 0.219. The maximum Gasteiger partial charge on any atom is 0.411 e. The van der Waals surface area contributed by atoms with E-state index in [1.165, 1.54) is 28.4 Å². The predicted molar refractivity (Wildman–Crippen MR) is 117 cm³/mol. The van der Waals surface area contributed by atoms with Crippen molar-refractivity contribution in [2.24, 2.45) is 0 Å². The molecule has 0 aliphatic heterocycles. The number of benzene rings is 1. The number of anilines is 1. The molecule has 3 aromatic heterocycles. The van der Waals surface area contributed by atoms with Crippen LogP contribution in [0.25, 0.3) is 11.9 Å². The highest BCUT2D eigenvalue weighted by atomic mass is 32.1. The molecule has 0 unspecified atom stereocenters. The van der Waals surface area contributed by atoms with E-state index >= 15 is 0 Å². The number of allylic oxidation sites excluding steroid dienone is 1. The Balaban J connectivity index is 1.34. The number of carbonyl (C=O) groups excluding carboxylic acids is 2. The van der Waals surface area contributed by atoms with Gasteiger partial charge in [0.1, 0.15) is 19.3 Å². The lowest BCUT2D eigenvalue weighted by atomic mass is 10.1. The third-order valence-corrected chi connectivity index (χ3v) is 5.01. The van der Waals surface area contributed by atoms with Crippen molar-refractivity contribution < 1.29 is 14.3 Å². The van der Waals surface area contributed by atoms with Gasteiger partial charge in [0, 0.05) is 16.1 Å². The van der Waals surface area contributed by atoms with Crippen LogP contribution in [0.15, 0.2) is 78.7 Å². The van der Waals surface area contributed by atoms with Gasteiger partial charge in [-0.1, -0.05) is 12.1 Å². The Labute approximate surface area is 181 Å². The second-order valence-electron chi connectivity index (χ2n) is 6.32. The van der Waals surface area contributed by atoms with Crippen LogP contribution in [0, 0.1) is 0 Å². The third-order valence-electron chi connectivity index (χ3n) is 4.16. The second-order valence-corrected chi connectivity index (χ2v) is 7.35. The first-order valence-electron chi connectivity index (χ1n) is 9.28. The summed E-state index contributed by atoms with van der Waals surface area (Å²) in [6.07, 6.45) is 5.51. The third kappa shape index (κ3) is 5.49. The van der Waals surface area contributed by atoms with Crippen LogP contribution in [-0.4, -0.2) is 31.6 Å². The number of carbonyl (C=O) groups is 2. The quantitative estimate of drug-likeness (QED) is 0.345. The van der Waals surface area contributed by atoms with E-state index in [1.807, 2.05) is 23.6 Å². The van der Waals surface area contributed by atoms with Gasteiger partial charge in [-0.25, -0.2) is 19.4 Å². The zero-order chi connectivity index (χ0) is 21.5. The maximum absolute atomic E-state index is 12.4. The molecule has 4 rings (SSSR count). The van der Waals surface area contributed by atoms with E-state index < -0.39 is 6.09 Å². The van der Waals surface area contributed by atoms with Crippen LogP contribution < -0.4 is 5.32 Å². The average molecular weight is 431 g/mol. The minimum Gasteiger partial charge on any atom is -0.444 e. The molecule has 0 aliphatic carbocycles. The lowest BCUT2D eigenvalue weighted by Crippen LogP contribution is -2.13. The van der Waals surface area contributed by atoms with Gasteiger partial charge in [0.25, 0.3) is 0 Å². The molecule has 1 amide bonds. The monoisotopic (exact) mass is 431 g/mol. The van der Waals surface area contributed by atoms with Crippen LogP contribution in [0.1, 0.15) is 20.9 Å². The first-order valence-corrected chi connectivity index (χ1v) is 10.2. The van der Waals surface area contributed by atoms with Crippen molar-refractivity contribution in [2.45, 2.75) is 6.61 Å². The Kier molecular flexibility index (Phi) is 6.24. The highest BCUT2D eigenvalue weighted by molar-refractivity contribution is 7.09. The van der Waals surface area contributed by atoms with E-state index in [-0.39, 0.29) is 12.4 Å². The van der Waals surface area contributed by atoms with Crippen LogP contribution >= 0.6 is 11.3 Å². The van der Waals surface area contributed by atoms with Crippen molar-refractivity contribution in [2.75, 3.05) is 5.32 Å². The SMILES string of the molecule is O=C(Nc1ccc(C(=O)C=Cc2cccc(-n3cncn3)n2)cc1)OCc1cccs1. The molecular weight excluding hydrogens is 414 g/mol. The maximum atomic E-state index is 12.4. The Hall–Kier alpha value is -4.11. The first-order chi connectivity index (χ1) is 15.2. The number of nitrogens with zero attached hydrogens (tertiary/aromatic N) is 4. The van der Waals surface area contributed by atoms with E-state index in [2.05, 4.69) is 20.4 Å². The molecule has 0 fully saturated rings. The molecule has 0 saturated heterocycles. The Morgan fingerprint density at radius 2 is 1.97 bits per heavy atom. The molecule has 0 atom stereocenters. The molecule has 0 spiro atoms. The average Bonchev–Trinajstić information content (AvgIpc) is 3.51. The molecule has 0 aliphatic rings. The Bertz CT molecular complexity index is 1190. The number of rotatable bonds is 7. The Morgan fingerprint density at radius 1 is 1.10 bits per heavy atom. The molecule has 8 nitrogen and oxygen atoms in total. The topological polar surface area (TPSA) is 99.0 Å².